The summed E-state index contributed by atoms with van der Waals surface area (Å²) in [5.74, 6) is 1.56. The van der Waals surface area contributed by atoms with E-state index in [1.54, 1.807) is 26.7 Å². The van der Waals surface area contributed by atoms with E-state index in [0.717, 1.165) is 0 Å². The second kappa shape index (κ2) is 9.65. The number of hydrogen-bond acceptors (Lipinski definition) is 1. The summed E-state index contributed by atoms with van der Waals surface area (Å²) in [4.78, 5) is 8.99. The lowest BCUT2D eigenvalue weighted by molar-refractivity contribution is 0.122. The van der Waals surface area contributed by atoms with Crippen molar-refractivity contribution in [2.45, 2.75) is 26.9 Å². The number of carbonyl (C=O) groups excluding carboxylic acids is 1. The predicted octanol–water partition coefficient (Wildman–Crippen LogP) is 1.22. The van der Waals surface area contributed by atoms with Crippen molar-refractivity contribution in [2.75, 3.05) is 0 Å². The molecule has 0 aromatic heterocycles. The van der Waals surface area contributed by atoms with Crippen molar-refractivity contribution < 1.29 is 9.90 Å². The molecule has 8 heavy (non-hydrogen) atoms. The third kappa shape index (κ3) is 626. The molecule has 0 amide bonds. The summed E-state index contributed by atoms with van der Waals surface area (Å²) in [6, 6.07) is 0. The molecule has 0 bridgehead atoms. The van der Waals surface area contributed by atoms with Gasteiger partial charge in [-0.1, -0.05) is 0 Å². The first-order valence-corrected chi connectivity index (χ1v) is 2.46. The molecular formula is C6H11O2. The Labute approximate surface area is 49.8 Å². The maximum absolute atomic E-state index is 9.53. The van der Waals surface area contributed by atoms with Crippen LogP contribution in [-0.4, -0.2) is 12.0 Å². The Morgan fingerprint density at radius 3 is 1.62 bits per heavy atom. The van der Waals surface area contributed by atoms with Crippen LogP contribution in [0.3, 0.4) is 0 Å². The second-order valence-corrected chi connectivity index (χ2v) is 1.46. The van der Waals surface area contributed by atoms with Crippen LogP contribution in [0.2, 0.25) is 0 Å². The normalized spacial score (nSPS) is 6.62. The molecule has 0 unspecified atom stereocenters. The van der Waals surface area contributed by atoms with Gasteiger partial charge in [0, 0.05) is 0 Å². The van der Waals surface area contributed by atoms with E-state index in [-0.39, 0.29) is 0 Å². The molecule has 0 N–H and O–H groups in total. The van der Waals surface area contributed by atoms with Gasteiger partial charge in [0.15, 0.2) is 0 Å². The molecule has 0 atom stereocenters. The zero-order valence-electron chi connectivity index (χ0n) is 5.47. The molecule has 47 valence electrons. The molecule has 0 aromatic carbocycles. The van der Waals surface area contributed by atoms with Gasteiger partial charge in [-0.3, -0.25) is 0 Å². The lowest BCUT2D eigenvalue weighted by Gasteiger charge is -1.74. The van der Waals surface area contributed by atoms with Crippen LogP contribution >= 0.6 is 0 Å². The molecule has 0 aliphatic carbocycles. The highest BCUT2D eigenvalue weighted by atomic mass is 16.3. The van der Waals surface area contributed by atoms with Gasteiger partial charge >= 0.3 is 0 Å². The van der Waals surface area contributed by atoms with Crippen molar-refractivity contribution in [1.82, 2.24) is 0 Å². The molecule has 2 heteroatoms. The summed E-state index contributed by atoms with van der Waals surface area (Å²) in [6.45, 7) is 4.85. The zero-order chi connectivity index (χ0) is 6.99. The van der Waals surface area contributed by atoms with Crippen molar-refractivity contribution in [1.29, 1.82) is 0 Å². The van der Waals surface area contributed by atoms with Gasteiger partial charge in [0.25, 0.3) is 0 Å². The molecule has 0 aromatic rings. The number of rotatable bonds is 0. The Morgan fingerprint density at radius 1 is 1.50 bits per heavy atom. The van der Waals surface area contributed by atoms with Crippen molar-refractivity contribution in [3.63, 3.8) is 0 Å². The highest BCUT2D eigenvalue weighted by Crippen LogP contribution is 1.67. The molecule has 0 heterocycles. The molecular weight excluding hydrogens is 104 g/mol. The monoisotopic (exact) mass is 115 g/mol. The highest BCUT2D eigenvalue weighted by molar-refractivity contribution is 5.43. The molecule has 0 spiro atoms. The van der Waals surface area contributed by atoms with Crippen LogP contribution in [0.4, 0.5) is 0 Å². The van der Waals surface area contributed by atoms with Gasteiger partial charge in [-0.25, -0.2) is 9.90 Å². The van der Waals surface area contributed by atoms with Crippen LogP contribution in [0.1, 0.15) is 20.8 Å². The molecule has 0 rings (SSSR count). The van der Waals surface area contributed by atoms with Crippen molar-refractivity contribution in [2.24, 2.45) is 0 Å². The molecule has 0 fully saturated rings. The number of allylic oxidation sites excluding steroid dienone is 1. The fourth-order valence-electron chi connectivity index (χ4n) is 0. The van der Waals surface area contributed by atoms with Crippen molar-refractivity contribution in [3.8, 4) is 0 Å². The molecule has 0 saturated carbocycles. The summed E-state index contributed by atoms with van der Waals surface area (Å²) in [5.41, 5.74) is 0. The maximum atomic E-state index is 9.53. The van der Waals surface area contributed by atoms with Crippen LogP contribution in [-0.2, 0) is 9.90 Å². The maximum Gasteiger partial charge on any atom is 0.119 e. The van der Waals surface area contributed by atoms with E-state index in [9.17, 15) is 5.11 Å². The van der Waals surface area contributed by atoms with Crippen LogP contribution in [0.25, 0.3) is 0 Å². The molecule has 0 saturated heterocycles. The largest absolute Gasteiger partial charge is 0.234 e. The Morgan fingerprint density at radius 2 is 1.62 bits per heavy atom. The standard InChI is InChI=1S/C3H7O.C3H4O/c1-3(2)4;1-2-3-4/h3H,1-2H3;2H,1H3. The van der Waals surface area contributed by atoms with E-state index in [0.29, 0.717) is 0 Å². The minimum atomic E-state index is -0.417. The lowest BCUT2D eigenvalue weighted by atomic mass is 10.5. The van der Waals surface area contributed by atoms with Gasteiger partial charge in [0.05, 0.1) is 6.10 Å². The van der Waals surface area contributed by atoms with Gasteiger partial charge < -0.3 is 0 Å². The van der Waals surface area contributed by atoms with E-state index in [1.165, 1.54) is 6.08 Å². The second-order valence-electron chi connectivity index (χ2n) is 1.46. The fourth-order valence-corrected chi connectivity index (χ4v) is 0. The molecule has 1 radical (unpaired) electrons. The first kappa shape index (κ1) is 10.4. The predicted molar refractivity (Wildman–Crippen MR) is 31.8 cm³/mol. The lowest BCUT2D eigenvalue weighted by Crippen LogP contribution is -1.81. The van der Waals surface area contributed by atoms with E-state index in [2.05, 4.69) is 0 Å². The third-order valence-corrected chi connectivity index (χ3v) is 0.118. The smallest absolute Gasteiger partial charge is 0.119 e. The summed E-state index contributed by atoms with van der Waals surface area (Å²) in [6.07, 6.45) is 0.903. The van der Waals surface area contributed by atoms with Crippen molar-refractivity contribution >= 4 is 5.94 Å². The molecule has 0 aliphatic heterocycles. The molecule has 0 aliphatic rings. The highest BCUT2D eigenvalue weighted by Gasteiger charge is 1.73. The van der Waals surface area contributed by atoms with Crippen LogP contribution < -0.4 is 0 Å². The number of hydrogen-bond donors (Lipinski definition) is 0. The first-order valence-electron chi connectivity index (χ1n) is 2.46. The van der Waals surface area contributed by atoms with Crippen LogP contribution in [0, 0.1) is 0 Å². The van der Waals surface area contributed by atoms with E-state index < -0.39 is 6.10 Å². The SMILES string of the molecule is CC(C)[O].CC=C=O. The van der Waals surface area contributed by atoms with Gasteiger partial charge in [-0.05, 0) is 26.8 Å². The van der Waals surface area contributed by atoms with Gasteiger partial charge in [-0.15, -0.1) is 0 Å². The van der Waals surface area contributed by atoms with Gasteiger partial charge in [0.1, 0.15) is 5.94 Å². The summed E-state index contributed by atoms with van der Waals surface area (Å²) >= 11 is 0. The van der Waals surface area contributed by atoms with E-state index in [4.69, 9.17) is 4.79 Å². The molecule has 2 nitrogen and oxygen atoms in total. The zero-order valence-corrected chi connectivity index (χ0v) is 5.47. The fraction of sp³-hybridized carbons (Fsp3) is 0.667. The average Bonchev–Trinajstić information content (AvgIpc) is 1.65. The van der Waals surface area contributed by atoms with E-state index in [1.807, 2.05) is 0 Å². The Hall–Kier alpha value is -0.590. The van der Waals surface area contributed by atoms with Crippen molar-refractivity contribution in [3.05, 3.63) is 6.08 Å². The minimum absolute atomic E-state index is 0.417. The third-order valence-electron chi connectivity index (χ3n) is 0.118. The first-order chi connectivity index (χ1) is 3.65. The average molecular weight is 115 g/mol. The summed E-state index contributed by atoms with van der Waals surface area (Å²) < 4.78 is 0. The Balaban J connectivity index is 0. The van der Waals surface area contributed by atoms with E-state index >= 15 is 0 Å². The summed E-state index contributed by atoms with van der Waals surface area (Å²) in [7, 11) is 0. The van der Waals surface area contributed by atoms with Gasteiger partial charge in [0.2, 0.25) is 0 Å². The van der Waals surface area contributed by atoms with Crippen LogP contribution in [0.15, 0.2) is 6.08 Å². The quantitative estimate of drug-likeness (QED) is 0.437. The Kier molecular flexibility index (Phi) is 12.5. The Bertz CT molecular complexity index is 67.8. The summed E-state index contributed by atoms with van der Waals surface area (Å²) in [5, 5.41) is 9.53. The topological polar surface area (TPSA) is 37.0 Å². The van der Waals surface area contributed by atoms with Gasteiger partial charge in [-0.2, -0.15) is 0 Å². The van der Waals surface area contributed by atoms with Crippen LogP contribution in [0.5, 0.6) is 0 Å². The minimum Gasteiger partial charge on any atom is -0.234 e.